The molecule has 43 heavy (non-hydrogen) atoms. The normalized spacial score (nSPS) is 27.1. The molecule has 0 radical (unpaired) electrons. The molecule has 2 fully saturated rings. The molecule has 2 saturated carbocycles. The molecule has 3 aliphatic rings. The van der Waals surface area contributed by atoms with E-state index in [9.17, 15) is 34.2 Å². The largest absolute Gasteiger partial charge is 0.507 e. The Morgan fingerprint density at radius 2 is 1.74 bits per heavy atom. The van der Waals surface area contributed by atoms with Crippen molar-refractivity contribution in [1.82, 2.24) is 4.90 Å². The van der Waals surface area contributed by atoms with Crippen LogP contribution in [0.1, 0.15) is 60.7 Å². The highest BCUT2D eigenvalue weighted by atomic mass is 16.5. The number of hydrogen-bond donors (Lipinski definition) is 3. The number of carbonyl (C=O) groups excluding carboxylic acids is 5. The molecule has 5 atom stereocenters. The van der Waals surface area contributed by atoms with Crippen molar-refractivity contribution in [3.63, 3.8) is 0 Å². The fraction of sp³-hybridized carbons (Fsp3) is 0.485. The molecule has 0 saturated heterocycles. The van der Waals surface area contributed by atoms with Gasteiger partial charge in [-0.15, -0.1) is 0 Å². The molecule has 2 unspecified atom stereocenters. The lowest BCUT2D eigenvalue weighted by Crippen LogP contribution is -2.68. The summed E-state index contributed by atoms with van der Waals surface area (Å²) in [6.07, 6.45) is -0.173. The van der Waals surface area contributed by atoms with Gasteiger partial charge in [-0.25, -0.2) is 0 Å². The molecule has 0 aliphatic heterocycles. The van der Waals surface area contributed by atoms with Crippen molar-refractivity contribution in [2.75, 3.05) is 21.2 Å². The summed E-state index contributed by atoms with van der Waals surface area (Å²) < 4.78 is 5.73. The van der Waals surface area contributed by atoms with Crippen LogP contribution in [-0.4, -0.2) is 71.0 Å². The summed E-state index contributed by atoms with van der Waals surface area (Å²) in [5.41, 5.74) is 5.41. The van der Waals surface area contributed by atoms with Crippen LogP contribution in [-0.2, 0) is 37.6 Å². The van der Waals surface area contributed by atoms with Crippen molar-refractivity contribution in [3.05, 3.63) is 46.5 Å². The number of benzene rings is 2. The molecule has 10 heteroatoms. The first-order chi connectivity index (χ1) is 20.0. The maximum atomic E-state index is 14.3. The molecule has 2 aromatic carbocycles. The maximum Gasteiger partial charge on any atom is 0.235 e. The number of aromatic hydroxyl groups is 1. The predicted octanol–water partition coefficient (Wildman–Crippen LogP) is 2.36. The van der Waals surface area contributed by atoms with E-state index in [1.165, 1.54) is 0 Å². The maximum absolute atomic E-state index is 14.3. The Morgan fingerprint density at radius 3 is 2.33 bits per heavy atom. The van der Waals surface area contributed by atoms with Gasteiger partial charge < -0.3 is 25.6 Å². The van der Waals surface area contributed by atoms with Gasteiger partial charge in [-0.05, 0) is 73.2 Å². The second kappa shape index (κ2) is 10.4. The van der Waals surface area contributed by atoms with Crippen LogP contribution in [0.15, 0.2) is 24.3 Å². The van der Waals surface area contributed by atoms with E-state index in [1.807, 2.05) is 64.0 Å². The molecule has 0 bridgehead atoms. The molecule has 0 spiro atoms. The standard InChI is InChI=1S/C33H38N2O8/c1-32(2,3)21-13-18(19-9-15(14-35(4)5)7-8-23(19)43-6)20-11-16-10-17-12-22(36)26(31(34)41)30(40)33(17,42)29(39)24(16)28(38)25(20)27(21)37/h7-9,13,16-17,24,26,37,42H,10-12,14H2,1-6H3,(H2,34,41)/t16-,17+,24?,26?,33+/m1/s1. The number of ketones is 4. The van der Waals surface area contributed by atoms with Gasteiger partial charge in [-0.1, -0.05) is 26.8 Å². The number of carbonyl (C=O) groups is 5. The fourth-order valence-corrected chi connectivity index (χ4v) is 7.28. The lowest BCUT2D eigenvalue weighted by Gasteiger charge is -2.48. The van der Waals surface area contributed by atoms with Crippen LogP contribution < -0.4 is 10.5 Å². The number of nitrogens with two attached hydrogens (primary N) is 1. The number of phenolic OH excluding ortho intramolecular Hbond substituents is 1. The van der Waals surface area contributed by atoms with Gasteiger partial charge in [0, 0.05) is 30.0 Å². The van der Waals surface area contributed by atoms with Crippen LogP contribution in [0.3, 0.4) is 0 Å². The SMILES string of the molecule is COc1ccc(CN(C)C)cc1-c1cc(C(C)(C)C)c(O)c2c1C[C@H]1C[C@H]3CC(=O)C(C(N)=O)C(=O)[C@@]3(O)C(=O)C1C2=O. The molecule has 1 amide bonds. The molecule has 2 aromatic rings. The van der Waals surface area contributed by atoms with Crippen LogP contribution in [0.5, 0.6) is 11.5 Å². The lowest BCUT2D eigenvalue weighted by atomic mass is 9.53. The van der Waals surface area contributed by atoms with Crippen molar-refractivity contribution in [2.45, 2.75) is 57.6 Å². The van der Waals surface area contributed by atoms with Crippen molar-refractivity contribution in [2.24, 2.45) is 29.4 Å². The summed E-state index contributed by atoms with van der Waals surface area (Å²) in [5.74, 6) is -9.77. The first-order valence-corrected chi connectivity index (χ1v) is 14.4. The zero-order valence-electron chi connectivity index (χ0n) is 25.3. The highest BCUT2D eigenvalue weighted by molar-refractivity contribution is 6.31. The smallest absolute Gasteiger partial charge is 0.235 e. The van der Waals surface area contributed by atoms with Crippen LogP contribution in [0.4, 0.5) is 0 Å². The first kappa shape index (κ1) is 30.6. The summed E-state index contributed by atoms with van der Waals surface area (Å²) >= 11 is 0. The molecule has 0 aromatic heterocycles. The van der Waals surface area contributed by atoms with E-state index < -0.39 is 63.7 Å². The monoisotopic (exact) mass is 590 g/mol. The number of Topliss-reactive ketones (excluding diaryl/α,β-unsaturated/α-hetero) is 4. The van der Waals surface area contributed by atoms with E-state index in [0.29, 0.717) is 29.0 Å². The number of rotatable bonds is 5. The highest BCUT2D eigenvalue weighted by Crippen LogP contribution is 2.53. The molecular weight excluding hydrogens is 552 g/mol. The molecule has 3 aliphatic carbocycles. The van der Waals surface area contributed by atoms with Gasteiger partial charge in [0.1, 0.15) is 11.5 Å². The minimum absolute atomic E-state index is 0.0232. The van der Waals surface area contributed by atoms with Crippen LogP contribution in [0, 0.1) is 23.7 Å². The second-order valence-electron chi connectivity index (χ2n) is 13.4. The predicted molar refractivity (Wildman–Crippen MR) is 157 cm³/mol. The van der Waals surface area contributed by atoms with E-state index in [4.69, 9.17) is 10.5 Å². The topological polar surface area (TPSA) is 164 Å². The van der Waals surface area contributed by atoms with Crippen LogP contribution in [0.2, 0.25) is 0 Å². The third kappa shape index (κ3) is 4.67. The zero-order valence-corrected chi connectivity index (χ0v) is 25.3. The van der Waals surface area contributed by atoms with Gasteiger partial charge in [0.05, 0.1) is 18.6 Å². The fourth-order valence-electron chi connectivity index (χ4n) is 7.28. The minimum Gasteiger partial charge on any atom is -0.507 e. The van der Waals surface area contributed by atoms with Gasteiger partial charge in [0.15, 0.2) is 34.7 Å². The molecule has 5 rings (SSSR count). The van der Waals surface area contributed by atoms with Gasteiger partial charge in [0.25, 0.3) is 0 Å². The van der Waals surface area contributed by atoms with Crippen molar-refractivity contribution >= 4 is 29.0 Å². The molecule has 10 nitrogen and oxygen atoms in total. The molecule has 228 valence electrons. The van der Waals surface area contributed by atoms with Gasteiger partial charge >= 0.3 is 0 Å². The number of aliphatic hydroxyl groups is 1. The number of nitrogens with zero attached hydrogens (tertiary/aromatic N) is 1. The number of hydrogen-bond acceptors (Lipinski definition) is 9. The van der Waals surface area contributed by atoms with Gasteiger partial charge in [-0.2, -0.15) is 0 Å². The van der Waals surface area contributed by atoms with Crippen molar-refractivity contribution < 1.29 is 38.9 Å². The average Bonchev–Trinajstić information content (AvgIpc) is 2.89. The summed E-state index contributed by atoms with van der Waals surface area (Å²) in [7, 11) is 5.47. The molecular formula is C33H38N2O8. The zero-order chi connectivity index (χ0) is 31.8. The Balaban J connectivity index is 1.72. The van der Waals surface area contributed by atoms with Crippen molar-refractivity contribution in [3.8, 4) is 22.6 Å². The average molecular weight is 591 g/mol. The summed E-state index contributed by atoms with van der Waals surface area (Å²) in [6, 6.07) is 7.67. The number of fused-ring (bicyclic) bond motifs is 3. The van der Waals surface area contributed by atoms with E-state index in [2.05, 4.69) is 0 Å². The van der Waals surface area contributed by atoms with E-state index in [1.54, 1.807) is 7.11 Å². The number of ether oxygens (including phenoxy) is 1. The summed E-state index contributed by atoms with van der Waals surface area (Å²) in [6.45, 7) is 6.34. The Hall–Kier alpha value is -3.89. The quantitative estimate of drug-likeness (QED) is 0.444. The second-order valence-corrected chi connectivity index (χ2v) is 13.4. The van der Waals surface area contributed by atoms with E-state index in [-0.39, 0.29) is 30.6 Å². The van der Waals surface area contributed by atoms with Crippen LogP contribution in [0.25, 0.3) is 11.1 Å². The lowest BCUT2D eigenvalue weighted by molar-refractivity contribution is -0.175. The minimum atomic E-state index is -2.69. The summed E-state index contributed by atoms with van der Waals surface area (Å²) in [4.78, 5) is 68.2. The van der Waals surface area contributed by atoms with Gasteiger partial charge in [-0.3, -0.25) is 24.0 Å². The van der Waals surface area contributed by atoms with Crippen molar-refractivity contribution in [1.29, 1.82) is 0 Å². The number of amides is 1. The van der Waals surface area contributed by atoms with E-state index >= 15 is 0 Å². The third-order valence-corrected chi connectivity index (χ3v) is 9.26. The Morgan fingerprint density at radius 1 is 1.07 bits per heavy atom. The summed E-state index contributed by atoms with van der Waals surface area (Å²) in [5, 5.41) is 23.1. The Kier molecular flexibility index (Phi) is 7.38. The Bertz CT molecular complexity index is 1590. The number of primary amides is 1. The third-order valence-electron chi connectivity index (χ3n) is 9.26. The molecule has 4 N–H and O–H groups in total. The molecule has 0 heterocycles. The Labute approximate surface area is 250 Å². The van der Waals surface area contributed by atoms with Crippen LogP contribution >= 0.6 is 0 Å². The number of phenols is 1. The number of methoxy groups -OCH3 is 1. The highest BCUT2D eigenvalue weighted by Gasteiger charge is 2.66. The van der Waals surface area contributed by atoms with Gasteiger partial charge in [0.2, 0.25) is 5.91 Å². The van der Waals surface area contributed by atoms with E-state index in [0.717, 1.165) is 11.1 Å². The first-order valence-electron chi connectivity index (χ1n) is 14.4.